The molecule has 3 aromatic carbocycles. The molecule has 0 saturated carbocycles. The number of nitrogens with one attached hydrogen (secondary N) is 1. The smallest absolute Gasteiger partial charge is 0.255 e. The van der Waals surface area contributed by atoms with Crippen LogP contribution in [0.3, 0.4) is 0 Å². The van der Waals surface area contributed by atoms with E-state index in [2.05, 4.69) is 56.6 Å². The average Bonchev–Trinajstić information content (AvgIpc) is 3.64. The van der Waals surface area contributed by atoms with Crippen LogP contribution in [-0.4, -0.2) is 75.6 Å². The van der Waals surface area contributed by atoms with E-state index in [0.29, 0.717) is 43.5 Å². The van der Waals surface area contributed by atoms with Gasteiger partial charge in [-0.15, -0.1) is 0 Å². The molecule has 3 fully saturated rings. The number of fused-ring (bicyclic) bond motifs is 2. The van der Waals surface area contributed by atoms with Gasteiger partial charge in [-0.05, 0) is 72.4 Å². The lowest BCUT2D eigenvalue weighted by atomic mass is 9.84. The van der Waals surface area contributed by atoms with Crippen LogP contribution in [0.15, 0.2) is 66.9 Å². The minimum Gasteiger partial charge on any atom is -0.490 e. The zero-order valence-electron chi connectivity index (χ0n) is 27.7. The van der Waals surface area contributed by atoms with Crippen LogP contribution in [0.5, 0.6) is 5.75 Å². The lowest BCUT2D eigenvalue weighted by molar-refractivity contribution is -0.136. The van der Waals surface area contributed by atoms with Crippen molar-refractivity contribution in [2.24, 2.45) is 7.05 Å². The summed E-state index contributed by atoms with van der Waals surface area (Å²) < 4.78 is 24.6. The fourth-order valence-corrected chi connectivity index (χ4v) is 7.92. The van der Waals surface area contributed by atoms with Crippen LogP contribution < -0.4 is 15.0 Å². The van der Waals surface area contributed by atoms with E-state index < -0.39 is 17.6 Å². The van der Waals surface area contributed by atoms with Crippen LogP contribution in [0, 0.1) is 0 Å². The minimum atomic E-state index is -1.47. The Bertz CT molecular complexity index is 1910. The van der Waals surface area contributed by atoms with Gasteiger partial charge in [-0.25, -0.2) is 4.39 Å². The predicted molar refractivity (Wildman–Crippen MR) is 183 cm³/mol. The minimum absolute atomic E-state index is 0.193. The molecule has 11 heteroatoms. The van der Waals surface area contributed by atoms with E-state index in [4.69, 9.17) is 4.74 Å². The number of ether oxygens (including phenoxy) is 1. The molecule has 4 aliphatic rings. The number of hydrogen-bond donors (Lipinski definition) is 1. The van der Waals surface area contributed by atoms with Gasteiger partial charge in [0.05, 0.1) is 11.7 Å². The van der Waals surface area contributed by atoms with E-state index in [1.807, 2.05) is 30.1 Å². The van der Waals surface area contributed by atoms with Crippen molar-refractivity contribution in [3.05, 3.63) is 89.1 Å². The van der Waals surface area contributed by atoms with Gasteiger partial charge in [-0.3, -0.25) is 29.3 Å². The summed E-state index contributed by atoms with van der Waals surface area (Å²) in [6.45, 7) is 4.18. The number of anilines is 1. The highest BCUT2D eigenvalue weighted by atomic mass is 19.1. The maximum Gasteiger partial charge on any atom is 0.255 e. The molecule has 3 amide bonds. The molecule has 3 saturated heterocycles. The van der Waals surface area contributed by atoms with Crippen molar-refractivity contribution in [2.45, 2.75) is 69.4 Å². The molecule has 4 aliphatic heterocycles. The number of imide groups is 1. The zero-order chi connectivity index (χ0) is 33.7. The maximum absolute atomic E-state index is 16.4. The normalized spacial score (nSPS) is 21.7. The molecule has 1 unspecified atom stereocenters. The highest BCUT2D eigenvalue weighted by Gasteiger charge is 2.41. The van der Waals surface area contributed by atoms with Crippen LogP contribution >= 0.6 is 0 Å². The van der Waals surface area contributed by atoms with Gasteiger partial charge in [0.25, 0.3) is 5.91 Å². The van der Waals surface area contributed by atoms with Crippen LogP contribution in [0.4, 0.5) is 10.1 Å². The van der Waals surface area contributed by atoms with Crippen molar-refractivity contribution < 1.29 is 23.5 Å². The van der Waals surface area contributed by atoms with E-state index in [0.717, 1.165) is 54.7 Å². The Kier molecular flexibility index (Phi) is 8.10. The number of carbonyl (C=O) groups is 3. The topological polar surface area (TPSA) is 100 Å². The predicted octanol–water partition coefficient (Wildman–Crippen LogP) is 4.84. The van der Waals surface area contributed by atoms with Gasteiger partial charge < -0.3 is 14.5 Å². The molecule has 0 radical (unpaired) electrons. The number of carbonyl (C=O) groups excluding carboxylic acids is 3. The molecule has 10 nitrogen and oxygen atoms in total. The molecule has 1 aromatic heterocycles. The van der Waals surface area contributed by atoms with E-state index in [1.54, 1.807) is 12.1 Å². The second-order valence-electron chi connectivity index (χ2n) is 14.0. The van der Waals surface area contributed by atoms with E-state index in [9.17, 15) is 14.4 Å². The largest absolute Gasteiger partial charge is 0.490 e. The first-order chi connectivity index (χ1) is 23.7. The number of halogens is 1. The molecular weight excluding hydrogens is 623 g/mol. The van der Waals surface area contributed by atoms with Crippen LogP contribution in [0.1, 0.15) is 65.6 Å². The highest BCUT2D eigenvalue weighted by molar-refractivity contribution is 6.05. The van der Waals surface area contributed by atoms with Crippen molar-refractivity contribution in [1.82, 2.24) is 24.9 Å². The van der Waals surface area contributed by atoms with Gasteiger partial charge in [-0.2, -0.15) is 5.10 Å². The number of rotatable bonds is 7. The summed E-state index contributed by atoms with van der Waals surface area (Å²) in [6, 6.07) is 19.5. The quantitative estimate of drug-likeness (QED) is 0.282. The number of amides is 3. The molecule has 5 heterocycles. The number of likely N-dealkylation sites (tertiary alicyclic amines) is 1. The summed E-state index contributed by atoms with van der Waals surface area (Å²) in [4.78, 5) is 43.3. The Morgan fingerprint density at radius 1 is 0.939 bits per heavy atom. The number of piperidine rings is 3. The van der Waals surface area contributed by atoms with Crippen LogP contribution in [0.25, 0.3) is 10.9 Å². The van der Waals surface area contributed by atoms with Crippen LogP contribution in [-0.2, 0) is 35.4 Å². The van der Waals surface area contributed by atoms with Crippen molar-refractivity contribution >= 4 is 34.3 Å². The highest BCUT2D eigenvalue weighted by Crippen LogP contribution is 2.40. The molecule has 49 heavy (non-hydrogen) atoms. The summed E-state index contributed by atoms with van der Waals surface area (Å²) in [5.74, 6) is -0.0977. The molecule has 8 rings (SSSR count). The fraction of sp³-hybridized carbons (Fsp3) is 0.421. The van der Waals surface area contributed by atoms with E-state index in [1.165, 1.54) is 16.2 Å². The first-order valence-electron chi connectivity index (χ1n) is 17.3. The molecule has 4 aromatic rings. The number of alkyl halides is 1. The molecule has 1 N–H and O–H groups in total. The van der Waals surface area contributed by atoms with Crippen LogP contribution in [0.2, 0.25) is 0 Å². The molecule has 0 aliphatic carbocycles. The van der Waals surface area contributed by atoms with Crippen molar-refractivity contribution in [1.29, 1.82) is 0 Å². The fourth-order valence-electron chi connectivity index (χ4n) is 7.92. The van der Waals surface area contributed by atoms with Crippen molar-refractivity contribution in [2.75, 3.05) is 31.1 Å². The summed E-state index contributed by atoms with van der Waals surface area (Å²) >= 11 is 0. The number of aryl methyl sites for hydroxylation is 1. The van der Waals surface area contributed by atoms with E-state index in [-0.39, 0.29) is 30.9 Å². The maximum atomic E-state index is 16.4. The lowest BCUT2D eigenvalue weighted by Gasteiger charge is -2.37. The van der Waals surface area contributed by atoms with Gasteiger partial charge in [0.15, 0.2) is 0 Å². The van der Waals surface area contributed by atoms with Gasteiger partial charge in [0.1, 0.15) is 23.6 Å². The van der Waals surface area contributed by atoms with Gasteiger partial charge in [-0.1, -0.05) is 24.3 Å². The third-order valence-electron chi connectivity index (χ3n) is 10.9. The summed E-state index contributed by atoms with van der Waals surface area (Å²) in [5, 5.41) is 7.74. The molecule has 0 spiro atoms. The number of hydrogen-bond acceptors (Lipinski definition) is 7. The first-order valence-corrected chi connectivity index (χ1v) is 17.3. The second-order valence-corrected chi connectivity index (χ2v) is 14.0. The van der Waals surface area contributed by atoms with Crippen molar-refractivity contribution in [3.63, 3.8) is 0 Å². The number of aromatic nitrogens is 2. The Hall–Kier alpha value is -4.77. The third kappa shape index (κ3) is 6.16. The Morgan fingerprint density at radius 2 is 1.71 bits per heavy atom. The average molecular weight is 665 g/mol. The first kappa shape index (κ1) is 31.5. The second kappa shape index (κ2) is 12.6. The third-order valence-corrected chi connectivity index (χ3v) is 10.9. The van der Waals surface area contributed by atoms with Gasteiger partial charge in [0.2, 0.25) is 11.8 Å². The number of benzene rings is 3. The summed E-state index contributed by atoms with van der Waals surface area (Å²) in [6.07, 6.45) is 5.26. The molecule has 1 atom stereocenters. The monoisotopic (exact) mass is 664 g/mol. The Morgan fingerprint density at radius 3 is 2.47 bits per heavy atom. The molecule has 0 bridgehead atoms. The van der Waals surface area contributed by atoms with Crippen molar-refractivity contribution in [3.8, 4) is 5.75 Å². The van der Waals surface area contributed by atoms with Gasteiger partial charge in [0, 0.05) is 82.2 Å². The van der Waals surface area contributed by atoms with E-state index >= 15 is 4.39 Å². The summed E-state index contributed by atoms with van der Waals surface area (Å²) in [5.41, 5.74) is 3.90. The standard InChI is InChI=1S/C38H41FN6O4/c1-42-33-9-7-31(21-26(33)22-40-42)49-30-12-16-44(17-13-30)29-5-2-25(3-6-29)23-43-18-14-38(39,15-19-43)28-4-8-32-27(20-28)24-45(37(32)48)34-10-11-35(46)41-36(34)47/h2-9,20-22,30,34H,10-19,23-24H2,1H3,(H,41,46,47). The Labute approximate surface area is 284 Å². The number of nitrogens with zero attached hydrogens (tertiary/aromatic N) is 5. The molecule has 254 valence electrons. The Balaban J connectivity index is 0.823. The molecular formula is C38H41FN6O4. The zero-order valence-corrected chi connectivity index (χ0v) is 27.7. The summed E-state index contributed by atoms with van der Waals surface area (Å²) in [7, 11) is 1.94. The SMILES string of the molecule is Cn1ncc2cc(OC3CCN(c4ccc(CN5CCC(F)(c6ccc7c(c6)CN(C6CCC(=O)NC6=O)C7=O)CC5)cc4)CC3)ccc21. The lowest BCUT2D eigenvalue weighted by Crippen LogP contribution is -2.52. The van der Waals surface area contributed by atoms with Gasteiger partial charge >= 0.3 is 0 Å².